The Morgan fingerprint density at radius 2 is 1.53 bits per heavy atom. The third-order valence-electron chi connectivity index (χ3n) is 3.03. The van der Waals surface area contributed by atoms with Crippen LogP contribution in [0, 0.1) is 11.3 Å². The van der Waals surface area contributed by atoms with E-state index >= 15 is 0 Å². The predicted octanol–water partition coefficient (Wildman–Crippen LogP) is 2.09. The molecule has 2 aromatic rings. The lowest BCUT2D eigenvalue weighted by Crippen LogP contribution is -2.26. The standard InChI is InChI=1S/C16H16N2O/c17-10-13-3-7-15(8-4-13)14-5-1-12(2-6-14)9-16(18)11-19/h1-8,16,19H,9,11,18H2/t16-/m0/s1. The molecule has 0 aliphatic rings. The maximum Gasteiger partial charge on any atom is 0.0991 e. The van der Waals surface area contributed by atoms with E-state index in [-0.39, 0.29) is 12.6 Å². The largest absolute Gasteiger partial charge is 0.395 e. The van der Waals surface area contributed by atoms with E-state index in [9.17, 15) is 0 Å². The van der Waals surface area contributed by atoms with E-state index in [4.69, 9.17) is 16.1 Å². The van der Waals surface area contributed by atoms with Crippen molar-refractivity contribution in [2.24, 2.45) is 5.73 Å². The summed E-state index contributed by atoms with van der Waals surface area (Å²) < 4.78 is 0. The molecule has 0 bridgehead atoms. The SMILES string of the molecule is N#Cc1ccc(-c2ccc(C[C@H](N)CO)cc2)cc1. The molecule has 0 amide bonds. The highest BCUT2D eigenvalue weighted by molar-refractivity contribution is 5.64. The second kappa shape index (κ2) is 6.14. The lowest BCUT2D eigenvalue weighted by Gasteiger charge is -2.09. The van der Waals surface area contributed by atoms with Gasteiger partial charge in [-0.25, -0.2) is 0 Å². The quantitative estimate of drug-likeness (QED) is 0.875. The molecule has 0 radical (unpaired) electrons. The van der Waals surface area contributed by atoms with Crippen LogP contribution >= 0.6 is 0 Å². The highest BCUT2D eigenvalue weighted by Gasteiger charge is 2.03. The number of nitriles is 1. The Morgan fingerprint density at radius 1 is 1.00 bits per heavy atom. The summed E-state index contributed by atoms with van der Waals surface area (Å²) in [5.74, 6) is 0. The van der Waals surface area contributed by atoms with Crippen LogP contribution in [0.1, 0.15) is 11.1 Å². The topological polar surface area (TPSA) is 70.0 Å². The van der Waals surface area contributed by atoms with Crippen LogP contribution in [0.3, 0.4) is 0 Å². The van der Waals surface area contributed by atoms with E-state index in [0.29, 0.717) is 12.0 Å². The third-order valence-corrected chi connectivity index (χ3v) is 3.03. The molecule has 2 rings (SSSR count). The first-order valence-corrected chi connectivity index (χ1v) is 6.19. The number of rotatable bonds is 4. The van der Waals surface area contributed by atoms with Gasteiger partial charge in [-0.3, -0.25) is 0 Å². The van der Waals surface area contributed by atoms with Gasteiger partial charge in [0.25, 0.3) is 0 Å². The summed E-state index contributed by atoms with van der Waals surface area (Å²) in [7, 11) is 0. The van der Waals surface area contributed by atoms with E-state index < -0.39 is 0 Å². The molecule has 1 atom stereocenters. The van der Waals surface area contributed by atoms with Crippen molar-refractivity contribution < 1.29 is 5.11 Å². The number of aliphatic hydroxyl groups excluding tert-OH is 1. The number of aliphatic hydroxyl groups is 1. The first-order valence-electron chi connectivity index (χ1n) is 6.19. The van der Waals surface area contributed by atoms with Crippen molar-refractivity contribution in [2.45, 2.75) is 12.5 Å². The molecule has 0 unspecified atom stereocenters. The Kier molecular flexibility index (Phi) is 4.30. The molecule has 0 spiro atoms. The molecule has 2 aromatic carbocycles. The van der Waals surface area contributed by atoms with Crippen molar-refractivity contribution in [1.29, 1.82) is 5.26 Å². The molecular formula is C16H16N2O. The highest BCUT2D eigenvalue weighted by atomic mass is 16.3. The zero-order valence-electron chi connectivity index (χ0n) is 10.6. The van der Waals surface area contributed by atoms with Gasteiger partial charge in [0.15, 0.2) is 0 Å². The zero-order valence-corrected chi connectivity index (χ0v) is 10.6. The highest BCUT2D eigenvalue weighted by Crippen LogP contribution is 2.20. The van der Waals surface area contributed by atoms with Crippen LogP contribution in [0.2, 0.25) is 0 Å². The first-order chi connectivity index (χ1) is 9.22. The molecule has 0 aromatic heterocycles. The molecule has 3 N–H and O–H groups in total. The van der Waals surface area contributed by atoms with Crippen molar-refractivity contribution in [1.82, 2.24) is 0 Å². The van der Waals surface area contributed by atoms with E-state index in [1.165, 1.54) is 0 Å². The van der Waals surface area contributed by atoms with Gasteiger partial charge in [0.2, 0.25) is 0 Å². The average molecular weight is 252 g/mol. The van der Waals surface area contributed by atoms with Gasteiger partial charge in [-0.2, -0.15) is 5.26 Å². The third kappa shape index (κ3) is 3.41. The van der Waals surface area contributed by atoms with Gasteiger partial charge in [0.1, 0.15) is 0 Å². The Balaban J connectivity index is 2.15. The second-order valence-corrected chi connectivity index (χ2v) is 4.53. The van der Waals surface area contributed by atoms with Crippen LogP contribution in [-0.4, -0.2) is 17.8 Å². The number of nitrogens with two attached hydrogens (primary N) is 1. The van der Waals surface area contributed by atoms with Crippen LogP contribution in [-0.2, 0) is 6.42 Å². The summed E-state index contributed by atoms with van der Waals surface area (Å²) in [6.07, 6.45) is 0.671. The Morgan fingerprint density at radius 3 is 2.00 bits per heavy atom. The lowest BCUT2D eigenvalue weighted by molar-refractivity contribution is 0.265. The summed E-state index contributed by atoms with van der Waals surface area (Å²) in [5.41, 5.74) is 9.66. The molecule has 19 heavy (non-hydrogen) atoms. The minimum Gasteiger partial charge on any atom is -0.395 e. The average Bonchev–Trinajstić information content (AvgIpc) is 2.48. The van der Waals surface area contributed by atoms with Gasteiger partial charge in [-0.05, 0) is 35.2 Å². The molecule has 3 heteroatoms. The minimum atomic E-state index is -0.208. The molecular weight excluding hydrogens is 236 g/mol. The second-order valence-electron chi connectivity index (χ2n) is 4.53. The minimum absolute atomic E-state index is 0.00261. The van der Waals surface area contributed by atoms with Gasteiger partial charge in [0, 0.05) is 6.04 Å². The molecule has 0 saturated carbocycles. The summed E-state index contributed by atoms with van der Waals surface area (Å²) in [6.45, 7) is -0.00261. The van der Waals surface area contributed by atoms with Gasteiger partial charge >= 0.3 is 0 Å². The molecule has 3 nitrogen and oxygen atoms in total. The maximum absolute atomic E-state index is 8.93. The van der Waals surface area contributed by atoms with E-state index in [2.05, 4.69) is 6.07 Å². The fourth-order valence-electron chi connectivity index (χ4n) is 1.94. The summed E-state index contributed by atoms with van der Waals surface area (Å²) >= 11 is 0. The van der Waals surface area contributed by atoms with Crippen molar-refractivity contribution in [2.75, 3.05) is 6.61 Å². The number of benzene rings is 2. The zero-order chi connectivity index (χ0) is 13.7. The van der Waals surface area contributed by atoms with Crippen LogP contribution in [0.5, 0.6) is 0 Å². The van der Waals surface area contributed by atoms with Crippen LogP contribution in [0.4, 0.5) is 0 Å². The summed E-state index contributed by atoms with van der Waals surface area (Å²) in [4.78, 5) is 0. The van der Waals surface area contributed by atoms with Crippen LogP contribution in [0.15, 0.2) is 48.5 Å². The van der Waals surface area contributed by atoms with Crippen molar-refractivity contribution >= 4 is 0 Å². The van der Waals surface area contributed by atoms with Gasteiger partial charge in [-0.1, -0.05) is 36.4 Å². The van der Waals surface area contributed by atoms with Crippen molar-refractivity contribution in [3.63, 3.8) is 0 Å². The summed E-state index contributed by atoms with van der Waals surface area (Å²) in [6, 6.07) is 17.5. The number of nitrogens with zero attached hydrogens (tertiary/aromatic N) is 1. The number of hydrogen-bond donors (Lipinski definition) is 2. The van der Waals surface area contributed by atoms with Crippen LogP contribution < -0.4 is 5.73 Å². The normalized spacial score (nSPS) is 11.8. The fourth-order valence-corrected chi connectivity index (χ4v) is 1.94. The van der Waals surface area contributed by atoms with E-state index in [0.717, 1.165) is 16.7 Å². The van der Waals surface area contributed by atoms with Gasteiger partial charge in [0.05, 0.1) is 18.2 Å². The molecule has 0 aliphatic heterocycles. The maximum atomic E-state index is 8.93. The lowest BCUT2D eigenvalue weighted by atomic mass is 10.0. The molecule has 0 saturated heterocycles. The monoisotopic (exact) mass is 252 g/mol. The first kappa shape index (κ1) is 13.3. The molecule has 0 fully saturated rings. The fraction of sp³-hybridized carbons (Fsp3) is 0.188. The molecule has 96 valence electrons. The Hall–Kier alpha value is -2.15. The van der Waals surface area contributed by atoms with Crippen LogP contribution in [0.25, 0.3) is 11.1 Å². The Bertz CT molecular complexity index is 567. The Labute approximate surface area is 112 Å². The molecule has 0 heterocycles. The van der Waals surface area contributed by atoms with Crippen molar-refractivity contribution in [3.05, 3.63) is 59.7 Å². The smallest absolute Gasteiger partial charge is 0.0991 e. The predicted molar refractivity (Wildman–Crippen MR) is 75.4 cm³/mol. The summed E-state index contributed by atoms with van der Waals surface area (Å²) in [5, 5.41) is 17.7. The number of hydrogen-bond acceptors (Lipinski definition) is 3. The molecule has 0 aliphatic carbocycles. The van der Waals surface area contributed by atoms with E-state index in [1.54, 1.807) is 0 Å². The van der Waals surface area contributed by atoms with Crippen molar-refractivity contribution in [3.8, 4) is 17.2 Å². The van der Waals surface area contributed by atoms with Gasteiger partial charge < -0.3 is 10.8 Å². The van der Waals surface area contributed by atoms with Gasteiger partial charge in [-0.15, -0.1) is 0 Å². The van der Waals surface area contributed by atoms with E-state index in [1.807, 2.05) is 48.5 Å².